The number of halogens is 5. The summed E-state index contributed by atoms with van der Waals surface area (Å²) in [6.07, 6.45) is -9.01. The summed E-state index contributed by atoms with van der Waals surface area (Å²) < 4.78 is 80.8. The molecule has 0 aromatic carbocycles. The van der Waals surface area contributed by atoms with E-state index in [9.17, 15) is 31.4 Å². The first kappa shape index (κ1) is 14.8. The van der Waals surface area contributed by atoms with E-state index in [0.717, 1.165) is 13.8 Å². The second kappa shape index (κ2) is 3.88. The van der Waals surface area contributed by atoms with Crippen molar-refractivity contribution < 1.29 is 40.5 Å². The van der Waals surface area contributed by atoms with Gasteiger partial charge in [0.1, 0.15) is 5.60 Å². The van der Waals surface area contributed by atoms with E-state index >= 15 is 0 Å². The lowest BCUT2D eigenvalue weighted by atomic mass is 9.92. The Hall–Kier alpha value is -0.240. The standard InChI is InChI=1S/C7H10F5O4P/c1-4-5(2,16-17(13,14)15-4)3-6(8,9)7(10,11)12/h4H,3H2,1-2H3,(H,13,14)/p-1. The average molecular weight is 283 g/mol. The lowest BCUT2D eigenvalue weighted by Gasteiger charge is -2.31. The molecule has 0 aromatic rings. The third-order valence-electron chi connectivity index (χ3n) is 2.46. The maximum atomic E-state index is 12.8. The van der Waals surface area contributed by atoms with Crippen LogP contribution in [0.2, 0.25) is 0 Å². The molecule has 0 spiro atoms. The molecule has 17 heavy (non-hydrogen) atoms. The van der Waals surface area contributed by atoms with Crippen molar-refractivity contribution in [2.75, 3.05) is 0 Å². The van der Waals surface area contributed by atoms with Gasteiger partial charge in [-0.1, -0.05) is 0 Å². The SMILES string of the molecule is CC1OP(=O)([O-])OC1(C)CC(F)(F)C(F)(F)F. The molecular formula is C7H9F5O4P-. The van der Waals surface area contributed by atoms with E-state index in [2.05, 4.69) is 9.05 Å². The topological polar surface area (TPSA) is 58.6 Å². The van der Waals surface area contributed by atoms with Crippen molar-refractivity contribution >= 4 is 7.82 Å². The zero-order valence-corrected chi connectivity index (χ0v) is 9.65. The van der Waals surface area contributed by atoms with Crippen LogP contribution in [0.25, 0.3) is 0 Å². The lowest BCUT2D eigenvalue weighted by molar-refractivity contribution is -0.296. The van der Waals surface area contributed by atoms with E-state index in [-0.39, 0.29) is 0 Å². The van der Waals surface area contributed by atoms with E-state index in [4.69, 9.17) is 0 Å². The molecular weight excluding hydrogens is 274 g/mol. The Kier molecular flexibility index (Phi) is 3.38. The first-order chi connectivity index (χ1) is 7.29. The van der Waals surface area contributed by atoms with Crippen molar-refractivity contribution in [1.82, 2.24) is 0 Å². The largest absolute Gasteiger partial charge is 0.756 e. The van der Waals surface area contributed by atoms with E-state index in [1.807, 2.05) is 0 Å². The molecule has 0 aliphatic carbocycles. The number of phosphoric acid groups is 1. The highest BCUT2D eigenvalue weighted by Crippen LogP contribution is 2.57. The van der Waals surface area contributed by atoms with Crippen LogP contribution in [0.15, 0.2) is 0 Å². The van der Waals surface area contributed by atoms with Gasteiger partial charge in [0.05, 0.1) is 12.5 Å². The third kappa shape index (κ3) is 2.96. The molecule has 102 valence electrons. The van der Waals surface area contributed by atoms with Crippen LogP contribution in [-0.2, 0) is 13.6 Å². The van der Waals surface area contributed by atoms with Gasteiger partial charge in [-0.15, -0.1) is 0 Å². The number of rotatable bonds is 2. The molecule has 1 aliphatic heterocycles. The molecule has 1 fully saturated rings. The van der Waals surface area contributed by atoms with Gasteiger partial charge in [0.2, 0.25) is 0 Å². The summed E-state index contributed by atoms with van der Waals surface area (Å²) in [5.74, 6) is -5.05. The molecule has 3 unspecified atom stereocenters. The Labute approximate surface area is 93.3 Å². The fourth-order valence-corrected chi connectivity index (χ4v) is 2.75. The van der Waals surface area contributed by atoms with Crippen molar-refractivity contribution in [3.8, 4) is 0 Å². The van der Waals surface area contributed by atoms with Crippen LogP contribution < -0.4 is 4.89 Å². The Morgan fingerprint density at radius 1 is 1.35 bits per heavy atom. The number of hydrogen-bond acceptors (Lipinski definition) is 4. The molecule has 0 bridgehead atoms. The average Bonchev–Trinajstić information content (AvgIpc) is 2.15. The quantitative estimate of drug-likeness (QED) is 0.576. The van der Waals surface area contributed by atoms with Gasteiger partial charge in [0, 0.05) is 0 Å². The summed E-state index contributed by atoms with van der Waals surface area (Å²) in [6, 6.07) is 0. The number of alkyl halides is 5. The van der Waals surface area contributed by atoms with Crippen molar-refractivity contribution in [3.05, 3.63) is 0 Å². The van der Waals surface area contributed by atoms with Gasteiger partial charge in [-0.3, -0.25) is 4.57 Å². The lowest BCUT2D eigenvalue weighted by Crippen LogP contribution is -2.47. The van der Waals surface area contributed by atoms with E-state index < -0.39 is 38.0 Å². The monoisotopic (exact) mass is 283 g/mol. The Morgan fingerprint density at radius 3 is 2.12 bits per heavy atom. The van der Waals surface area contributed by atoms with E-state index in [1.165, 1.54) is 0 Å². The first-order valence-corrected chi connectivity index (χ1v) is 5.90. The second-order valence-corrected chi connectivity index (χ2v) is 5.27. The highest BCUT2D eigenvalue weighted by molar-refractivity contribution is 7.46. The first-order valence-electron chi connectivity index (χ1n) is 4.44. The van der Waals surface area contributed by atoms with Gasteiger partial charge in [0.25, 0.3) is 7.82 Å². The number of hydrogen-bond donors (Lipinski definition) is 0. The fraction of sp³-hybridized carbons (Fsp3) is 1.00. The van der Waals surface area contributed by atoms with Crippen LogP contribution in [0.4, 0.5) is 22.0 Å². The molecule has 1 aliphatic rings. The predicted molar refractivity (Wildman–Crippen MR) is 43.3 cm³/mol. The predicted octanol–water partition coefficient (Wildman–Crippen LogP) is 2.24. The van der Waals surface area contributed by atoms with Crippen LogP contribution in [0.3, 0.4) is 0 Å². The maximum absolute atomic E-state index is 12.8. The van der Waals surface area contributed by atoms with Gasteiger partial charge in [0.15, 0.2) is 0 Å². The minimum absolute atomic E-state index is 0.828. The van der Waals surface area contributed by atoms with Gasteiger partial charge in [-0.2, -0.15) is 22.0 Å². The molecule has 10 heteroatoms. The molecule has 0 aromatic heterocycles. The van der Waals surface area contributed by atoms with Crippen molar-refractivity contribution in [3.63, 3.8) is 0 Å². The Balaban J connectivity index is 2.92. The summed E-state index contributed by atoms with van der Waals surface area (Å²) >= 11 is 0. The summed E-state index contributed by atoms with van der Waals surface area (Å²) in [7, 11) is -4.81. The highest BCUT2D eigenvalue weighted by Gasteiger charge is 2.63. The second-order valence-electron chi connectivity index (χ2n) is 3.98. The van der Waals surface area contributed by atoms with Crippen molar-refractivity contribution in [2.45, 2.75) is 44.1 Å². The zero-order valence-electron chi connectivity index (χ0n) is 8.75. The van der Waals surface area contributed by atoms with E-state index in [0.29, 0.717) is 0 Å². The van der Waals surface area contributed by atoms with E-state index in [1.54, 1.807) is 0 Å². The summed E-state index contributed by atoms with van der Waals surface area (Å²) in [5, 5.41) is 0. The molecule has 1 heterocycles. The number of phosphoric ester groups is 1. The van der Waals surface area contributed by atoms with Crippen molar-refractivity contribution in [2.24, 2.45) is 0 Å². The van der Waals surface area contributed by atoms with Gasteiger partial charge >= 0.3 is 12.1 Å². The minimum atomic E-state index is -5.77. The van der Waals surface area contributed by atoms with Gasteiger partial charge in [-0.25, -0.2) is 0 Å². The third-order valence-corrected chi connectivity index (χ3v) is 3.67. The Bertz CT molecular complexity index is 357. The van der Waals surface area contributed by atoms with Crippen LogP contribution in [0.5, 0.6) is 0 Å². The maximum Gasteiger partial charge on any atom is 0.453 e. The van der Waals surface area contributed by atoms with Crippen LogP contribution in [-0.4, -0.2) is 23.8 Å². The van der Waals surface area contributed by atoms with Gasteiger partial charge in [-0.05, 0) is 13.8 Å². The molecule has 0 amide bonds. The zero-order chi connectivity index (χ0) is 13.7. The fourth-order valence-electron chi connectivity index (χ4n) is 1.37. The highest BCUT2D eigenvalue weighted by atomic mass is 31.2. The molecule has 0 saturated carbocycles. The van der Waals surface area contributed by atoms with Crippen LogP contribution >= 0.6 is 7.82 Å². The summed E-state index contributed by atoms with van der Waals surface area (Å²) in [5.41, 5.74) is -2.24. The Morgan fingerprint density at radius 2 is 1.82 bits per heavy atom. The summed E-state index contributed by atoms with van der Waals surface area (Å²) in [4.78, 5) is 10.8. The molecule has 3 atom stereocenters. The normalized spacial score (nSPS) is 39.6. The minimum Gasteiger partial charge on any atom is -0.756 e. The molecule has 1 rings (SSSR count). The van der Waals surface area contributed by atoms with Crippen LogP contribution in [0, 0.1) is 0 Å². The van der Waals surface area contributed by atoms with Gasteiger partial charge < -0.3 is 13.9 Å². The van der Waals surface area contributed by atoms with Crippen molar-refractivity contribution in [1.29, 1.82) is 0 Å². The van der Waals surface area contributed by atoms with Crippen LogP contribution in [0.1, 0.15) is 20.3 Å². The summed E-state index contributed by atoms with van der Waals surface area (Å²) in [6.45, 7) is 1.87. The molecule has 4 nitrogen and oxygen atoms in total. The molecule has 1 saturated heterocycles. The smallest absolute Gasteiger partial charge is 0.453 e. The molecule has 0 N–H and O–H groups in total. The molecule has 0 radical (unpaired) electrons.